The Morgan fingerprint density at radius 2 is 1.74 bits per heavy atom. The maximum atomic E-state index is 12.9. The number of aryl methyl sites for hydroxylation is 1. The van der Waals surface area contributed by atoms with Crippen LogP contribution < -0.4 is 5.32 Å². The Morgan fingerprint density at radius 3 is 2.38 bits per heavy atom. The maximum Gasteiger partial charge on any atom is 0.410 e. The molecule has 0 unspecified atom stereocenters. The van der Waals surface area contributed by atoms with Gasteiger partial charge < -0.3 is 25.0 Å². The Hall–Kier alpha value is -3.36. The van der Waals surface area contributed by atoms with E-state index in [2.05, 4.69) is 5.32 Å². The number of hydrogen-bond acceptors (Lipinski definition) is 5. The third kappa shape index (κ3) is 10.0. The van der Waals surface area contributed by atoms with Crippen molar-refractivity contribution in [1.29, 1.82) is 0 Å². The number of aliphatic carboxylic acids is 1. The lowest BCUT2D eigenvalue weighted by molar-refractivity contribution is -0.142. The van der Waals surface area contributed by atoms with Crippen molar-refractivity contribution in [2.45, 2.75) is 64.9 Å². The molecule has 1 aromatic rings. The number of carboxylic acid groups (broad SMARTS) is 1. The monoisotopic (exact) mass is 541 g/mol. The molecule has 2 N–H and O–H groups in total. The first kappa shape index (κ1) is 30.2. The highest BCUT2D eigenvalue weighted by Crippen LogP contribution is 2.22. The zero-order chi connectivity index (χ0) is 28.4. The molecule has 2 saturated heterocycles. The summed E-state index contributed by atoms with van der Waals surface area (Å²) in [5.74, 6) is -2.05. The minimum absolute atomic E-state index is 0.0767. The highest BCUT2D eigenvalue weighted by molar-refractivity contribution is 5.88. The predicted octanol–water partition coefficient (Wildman–Crippen LogP) is 3.88. The quantitative estimate of drug-likeness (QED) is 0.459. The van der Waals surface area contributed by atoms with Crippen LogP contribution in [0.5, 0.6) is 0 Å². The van der Waals surface area contributed by atoms with Crippen LogP contribution in [0.4, 0.5) is 4.79 Å². The van der Waals surface area contributed by atoms with Crippen LogP contribution in [0.25, 0.3) is 0 Å². The van der Waals surface area contributed by atoms with E-state index >= 15 is 0 Å². The summed E-state index contributed by atoms with van der Waals surface area (Å²) in [7, 11) is 0. The van der Waals surface area contributed by atoms with Gasteiger partial charge in [-0.15, -0.1) is 0 Å². The van der Waals surface area contributed by atoms with E-state index in [1.165, 1.54) is 0 Å². The lowest BCUT2D eigenvalue weighted by Gasteiger charge is -2.33. The first-order valence-corrected chi connectivity index (χ1v) is 14.0. The molecule has 0 spiro atoms. The number of carbonyl (C=O) groups excluding carboxylic acids is 3. The average molecular weight is 542 g/mol. The minimum Gasteiger partial charge on any atom is -0.481 e. The van der Waals surface area contributed by atoms with Gasteiger partial charge in [-0.05, 0) is 76.9 Å². The van der Waals surface area contributed by atoms with Crippen molar-refractivity contribution >= 4 is 23.9 Å². The Kier molecular flexibility index (Phi) is 10.9. The van der Waals surface area contributed by atoms with Gasteiger partial charge >= 0.3 is 12.1 Å². The van der Waals surface area contributed by atoms with Crippen LogP contribution in [-0.2, 0) is 25.5 Å². The fourth-order valence-corrected chi connectivity index (χ4v) is 4.98. The van der Waals surface area contributed by atoms with E-state index < -0.39 is 17.5 Å². The zero-order valence-electron chi connectivity index (χ0n) is 23.4. The molecule has 9 nitrogen and oxygen atoms in total. The van der Waals surface area contributed by atoms with Crippen molar-refractivity contribution < 1.29 is 29.0 Å². The van der Waals surface area contributed by atoms with Gasteiger partial charge in [0.2, 0.25) is 11.8 Å². The van der Waals surface area contributed by atoms with Crippen LogP contribution in [0.3, 0.4) is 0 Å². The number of carbonyl (C=O) groups is 4. The fourth-order valence-electron chi connectivity index (χ4n) is 4.98. The normalized spacial score (nSPS) is 19.5. The molecule has 2 aliphatic heterocycles. The second-order valence-corrected chi connectivity index (χ2v) is 11.6. The Balaban J connectivity index is 1.42. The summed E-state index contributed by atoms with van der Waals surface area (Å²) in [6.45, 7) is 7.72. The molecule has 3 amide bonds. The summed E-state index contributed by atoms with van der Waals surface area (Å²) < 4.78 is 5.44. The number of rotatable bonds is 9. The summed E-state index contributed by atoms with van der Waals surface area (Å²) in [4.78, 5) is 53.1. The third-order valence-corrected chi connectivity index (χ3v) is 7.30. The van der Waals surface area contributed by atoms with Gasteiger partial charge in [0.05, 0.1) is 11.8 Å². The maximum absolute atomic E-state index is 12.9. The van der Waals surface area contributed by atoms with E-state index in [4.69, 9.17) is 4.74 Å². The Bertz CT molecular complexity index is 1010. The Labute approximate surface area is 231 Å². The molecule has 2 fully saturated rings. The number of nitrogens with zero attached hydrogens (tertiary/aromatic N) is 2. The molecule has 39 heavy (non-hydrogen) atoms. The van der Waals surface area contributed by atoms with Crippen molar-refractivity contribution in [2.24, 2.45) is 17.8 Å². The van der Waals surface area contributed by atoms with Crippen molar-refractivity contribution in [3.63, 3.8) is 0 Å². The molecule has 0 bridgehead atoms. The fraction of sp³-hybridized carbons (Fsp3) is 0.600. The van der Waals surface area contributed by atoms with Crippen molar-refractivity contribution in [2.75, 3.05) is 32.7 Å². The molecule has 1 aromatic carbocycles. The molecule has 9 heteroatoms. The van der Waals surface area contributed by atoms with Crippen molar-refractivity contribution in [3.8, 4) is 0 Å². The molecule has 0 aliphatic carbocycles. The first-order chi connectivity index (χ1) is 18.5. The van der Waals surface area contributed by atoms with Crippen LogP contribution in [0.15, 0.2) is 42.5 Å². The lowest BCUT2D eigenvalue weighted by Crippen LogP contribution is -2.46. The van der Waals surface area contributed by atoms with E-state index in [0.29, 0.717) is 45.4 Å². The van der Waals surface area contributed by atoms with Crippen LogP contribution in [0, 0.1) is 17.8 Å². The second kappa shape index (κ2) is 14.1. The zero-order valence-corrected chi connectivity index (χ0v) is 23.4. The molecule has 0 radical (unpaired) electrons. The molecular weight excluding hydrogens is 498 g/mol. The molecule has 2 heterocycles. The largest absolute Gasteiger partial charge is 0.481 e. The van der Waals surface area contributed by atoms with Gasteiger partial charge in [-0.25, -0.2) is 4.79 Å². The molecule has 2 atom stereocenters. The van der Waals surface area contributed by atoms with Gasteiger partial charge in [-0.2, -0.15) is 0 Å². The van der Waals surface area contributed by atoms with Gasteiger partial charge in [-0.3, -0.25) is 14.4 Å². The number of benzene rings is 1. The lowest BCUT2D eigenvalue weighted by atomic mass is 9.95. The SMILES string of the molecule is CC(C)(C)OC(=O)N1CCC(/C=C/C(=O)N2CCC[C@@H](C(=O)NC[C@@H](CCc3ccccc3)C(=O)O)C2)CC1. The molecule has 3 rings (SSSR count). The van der Waals surface area contributed by atoms with Gasteiger partial charge in [-0.1, -0.05) is 36.4 Å². The summed E-state index contributed by atoms with van der Waals surface area (Å²) in [6, 6.07) is 9.70. The summed E-state index contributed by atoms with van der Waals surface area (Å²) >= 11 is 0. The van der Waals surface area contributed by atoms with Gasteiger partial charge in [0.1, 0.15) is 5.60 Å². The van der Waals surface area contributed by atoms with Crippen molar-refractivity contribution in [3.05, 3.63) is 48.0 Å². The van der Waals surface area contributed by atoms with E-state index in [9.17, 15) is 24.3 Å². The molecule has 2 aliphatic rings. The highest BCUT2D eigenvalue weighted by Gasteiger charge is 2.29. The number of nitrogens with one attached hydrogen (secondary N) is 1. The van der Waals surface area contributed by atoms with Crippen LogP contribution in [-0.4, -0.2) is 77.1 Å². The first-order valence-electron chi connectivity index (χ1n) is 14.0. The number of allylic oxidation sites excluding steroid dienone is 1. The number of ether oxygens (including phenoxy) is 1. The standard InChI is InChI=1S/C30H43N3O6/c1-30(2,3)39-29(38)32-18-15-23(16-19-32)12-14-26(34)33-17-7-10-25(21-33)27(35)31-20-24(28(36)37)13-11-22-8-5-4-6-9-22/h4-6,8-9,12,14,23-25H,7,10-11,13,15-21H2,1-3H3,(H,31,35)(H,36,37)/b14-12+/t24-,25-/m1/s1. The number of likely N-dealkylation sites (tertiary alicyclic amines) is 2. The third-order valence-electron chi connectivity index (χ3n) is 7.30. The molecule has 0 saturated carbocycles. The van der Waals surface area contributed by atoms with E-state index in [0.717, 1.165) is 24.8 Å². The topological polar surface area (TPSA) is 116 Å². The number of hydrogen-bond donors (Lipinski definition) is 2. The second-order valence-electron chi connectivity index (χ2n) is 11.6. The van der Waals surface area contributed by atoms with E-state index in [1.807, 2.05) is 57.2 Å². The Morgan fingerprint density at radius 1 is 1.05 bits per heavy atom. The van der Waals surface area contributed by atoms with Gasteiger partial charge in [0, 0.05) is 32.7 Å². The van der Waals surface area contributed by atoms with E-state index in [1.54, 1.807) is 15.9 Å². The van der Waals surface area contributed by atoms with Crippen LogP contribution in [0.2, 0.25) is 0 Å². The smallest absolute Gasteiger partial charge is 0.410 e. The highest BCUT2D eigenvalue weighted by atomic mass is 16.6. The minimum atomic E-state index is -0.922. The van der Waals surface area contributed by atoms with Crippen LogP contribution >= 0.6 is 0 Å². The summed E-state index contributed by atoms with van der Waals surface area (Å²) in [5, 5.41) is 12.4. The summed E-state index contributed by atoms with van der Waals surface area (Å²) in [6.07, 6.45) is 7.21. The van der Waals surface area contributed by atoms with Crippen LogP contribution in [0.1, 0.15) is 58.4 Å². The van der Waals surface area contributed by atoms with Gasteiger partial charge in [0.15, 0.2) is 0 Å². The molecule has 214 valence electrons. The average Bonchev–Trinajstić information content (AvgIpc) is 2.91. The molecular formula is C30H43N3O6. The van der Waals surface area contributed by atoms with Crippen molar-refractivity contribution in [1.82, 2.24) is 15.1 Å². The number of piperidine rings is 2. The number of carboxylic acids is 1. The van der Waals surface area contributed by atoms with E-state index in [-0.39, 0.29) is 36.3 Å². The molecule has 0 aromatic heterocycles. The number of amides is 3. The summed E-state index contributed by atoms with van der Waals surface area (Å²) in [5.41, 5.74) is 0.544. The predicted molar refractivity (Wildman–Crippen MR) is 148 cm³/mol. The van der Waals surface area contributed by atoms with Gasteiger partial charge in [0.25, 0.3) is 0 Å².